The van der Waals surface area contributed by atoms with Crippen molar-refractivity contribution in [2.75, 3.05) is 5.75 Å². The summed E-state index contributed by atoms with van der Waals surface area (Å²) >= 11 is 1.37. The van der Waals surface area contributed by atoms with Gasteiger partial charge >= 0.3 is 5.69 Å². The molecule has 1 rings (SSSR count). The molecule has 0 aliphatic heterocycles. The topological polar surface area (TPSA) is 93.8 Å². The molecule has 0 saturated carbocycles. The molecule has 0 spiro atoms. The van der Waals surface area contributed by atoms with Crippen LogP contribution in [0, 0.1) is 0 Å². The van der Waals surface area contributed by atoms with Gasteiger partial charge in [-0.2, -0.15) is 0 Å². The lowest BCUT2D eigenvalue weighted by molar-refractivity contribution is -0.117. The van der Waals surface area contributed by atoms with Crippen LogP contribution in [0.2, 0.25) is 0 Å². The number of amides is 1. The van der Waals surface area contributed by atoms with Gasteiger partial charge in [0, 0.05) is 18.7 Å². The van der Waals surface area contributed by atoms with Gasteiger partial charge in [-0.25, -0.2) is 9.89 Å². The lowest BCUT2D eigenvalue weighted by atomic mass is 10.3. The summed E-state index contributed by atoms with van der Waals surface area (Å²) in [5.74, 6) is 0.205. The number of carbonyl (C=O) groups excluding carboxylic acids is 1. The van der Waals surface area contributed by atoms with Gasteiger partial charge in [0.2, 0.25) is 5.91 Å². The van der Waals surface area contributed by atoms with Gasteiger partial charge in [-0.15, -0.1) is 5.10 Å². The van der Waals surface area contributed by atoms with Crippen molar-refractivity contribution in [2.45, 2.75) is 37.9 Å². The van der Waals surface area contributed by atoms with E-state index in [1.165, 1.54) is 11.8 Å². The summed E-state index contributed by atoms with van der Waals surface area (Å²) in [6, 6.07) is 0. The molecule has 0 fully saturated rings. The van der Waals surface area contributed by atoms with Crippen LogP contribution in [-0.2, 0) is 11.3 Å². The van der Waals surface area contributed by atoms with Crippen molar-refractivity contribution in [3.05, 3.63) is 10.5 Å². The van der Waals surface area contributed by atoms with Crippen LogP contribution in [0.3, 0.4) is 0 Å². The molecule has 1 aromatic heterocycles. The SMILES string of the molecule is CCCCn1c(SCCC(N)=O)n[nH]c1=O. The summed E-state index contributed by atoms with van der Waals surface area (Å²) in [7, 11) is 0. The molecule has 0 saturated heterocycles. The minimum Gasteiger partial charge on any atom is -0.370 e. The Balaban J connectivity index is 2.58. The van der Waals surface area contributed by atoms with Crippen molar-refractivity contribution in [3.63, 3.8) is 0 Å². The maximum atomic E-state index is 11.4. The van der Waals surface area contributed by atoms with E-state index in [0.717, 1.165) is 12.8 Å². The van der Waals surface area contributed by atoms with Gasteiger partial charge in [-0.3, -0.25) is 9.36 Å². The zero-order chi connectivity index (χ0) is 12.0. The third-order valence-electron chi connectivity index (χ3n) is 2.04. The summed E-state index contributed by atoms with van der Waals surface area (Å²) in [5.41, 5.74) is 4.83. The zero-order valence-electron chi connectivity index (χ0n) is 9.23. The first-order chi connectivity index (χ1) is 7.65. The van der Waals surface area contributed by atoms with Gasteiger partial charge in [0.05, 0.1) is 0 Å². The number of aromatic amines is 1. The van der Waals surface area contributed by atoms with Gasteiger partial charge in [-0.1, -0.05) is 25.1 Å². The van der Waals surface area contributed by atoms with E-state index < -0.39 is 0 Å². The number of nitrogens with zero attached hydrogens (tertiary/aromatic N) is 2. The minimum absolute atomic E-state index is 0.199. The molecule has 0 unspecified atom stereocenters. The summed E-state index contributed by atoms with van der Waals surface area (Å²) < 4.78 is 1.59. The van der Waals surface area contributed by atoms with E-state index in [-0.39, 0.29) is 11.6 Å². The highest BCUT2D eigenvalue weighted by molar-refractivity contribution is 7.99. The second kappa shape index (κ2) is 6.37. The van der Waals surface area contributed by atoms with E-state index in [1.807, 2.05) is 0 Å². The van der Waals surface area contributed by atoms with Crippen molar-refractivity contribution >= 4 is 17.7 Å². The molecule has 0 aromatic carbocycles. The monoisotopic (exact) mass is 244 g/mol. The molecule has 0 aliphatic rings. The fraction of sp³-hybridized carbons (Fsp3) is 0.667. The maximum Gasteiger partial charge on any atom is 0.343 e. The molecule has 1 heterocycles. The molecule has 0 aliphatic carbocycles. The summed E-state index contributed by atoms with van der Waals surface area (Å²) in [5, 5.41) is 6.93. The van der Waals surface area contributed by atoms with Crippen molar-refractivity contribution in [2.24, 2.45) is 5.73 Å². The number of primary amides is 1. The molecular weight excluding hydrogens is 228 g/mol. The van der Waals surface area contributed by atoms with Crippen LogP contribution in [0.1, 0.15) is 26.2 Å². The number of nitrogens with two attached hydrogens (primary N) is 1. The number of rotatable bonds is 7. The van der Waals surface area contributed by atoms with Crippen molar-refractivity contribution in [1.82, 2.24) is 14.8 Å². The van der Waals surface area contributed by atoms with Gasteiger partial charge in [0.15, 0.2) is 5.16 Å². The number of nitrogens with one attached hydrogen (secondary N) is 1. The smallest absolute Gasteiger partial charge is 0.343 e. The molecule has 90 valence electrons. The molecule has 0 radical (unpaired) electrons. The van der Waals surface area contributed by atoms with Crippen LogP contribution in [0.25, 0.3) is 0 Å². The number of hydrogen-bond acceptors (Lipinski definition) is 4. The second-order valence-electron chi connectivity index (χ2n) is 3.38. The molecule has 6 nitrogen and oxygen atoms in total. The van der Waals surface area contributed by atoms with Crippen LogP contribution in [0.5, 0.6) is 0 Å². The van der Waals surface area contributed by atoms with E-state index in [0.29, 0.717) is 23.9 Å². The van der Waals surface area contributed by atoms with Gasteiger partial charge in [-0.05, 0) is 6.42 Å². The highest BCUT2D eigenvalue weighted by atomic mass is 32.2. The molecule has 1 amide bonds. The highest BCUT2D eigenvalue weighted by Crippen LogP contribution is 2.14. The maximum absolute atomic E-state index is 11.4. The molecular formula is C9H16N4O2S. The minimum atomic E-state index is -0.342. The van der Waals surface area contributed by atoms with Gasteiger partial charge < -0.3 is 5.73 Å². The Hall–Kier alpha value is -1.24. The molecule has 1 aromatic rings. The second-order valence-corrected chi connectivity index (χ2v) is 4.44. The van der Waals surface area contributed by atoms with E-state index in [4.69, 9.17) is 5.73 Å². The third-order valence-corrected chi connectivity index (χ3v) is 3.02. The summed E-state index contributed by atoms with van der Waals surface area (Å²) in [6.45, 7) is 2.72. The number of unbranched alkanes of at least 4 members (excludes halogenated alkanes) is 1. The molecule has 7 heteroatoms. The molecule has 3 N–H and O–H groups in total. The first kappa shape index (κ1) is 12.8. The largest absolute Gasteiger partial charge is 0.370 e. The Morgan fingerprint density at radius 3 is 3.00 bits per heavy atom. The van der Waals surface area contributed by atoms with Crippen LogP contribution in [0.15, 0.2) is 9.95 Å². The lowest BCUT2D eigenvalue weighted by Crippen LogP contribution is -2.18. The predicted molar refractivity (Wildman–Crippen MR) is 62.3 cm³/mol. The first-order valence-electron chi connectivity index (χ1n) is 5.21. The third kappa shape index (κ3) is 3.73. The fourth-order valence-corrected chi connectivity index (χ4v) is 2.10. The van der Waals surface area contributed by atoms with Crippen LogP contribution in [0.4, 0.5) is 0 Å². The first-order valence-corrected chi connectivity index (χ1v) is 6.20. The van der Waals surface area contributed by atoms with Crippen molar-refractivity contribution in [3.8, 4) is 0 Å². The van der Waals surface area contributed by atoms with E-state index in [1.54, 1.807) is 4.57 Å². The molecule has 0 atom stereocenters. The fourth-order valence-electron chi connectivity index (χ4n) is 1.17. The zero-order valence-corrected chi connectivity index (χ0v) is 10.0. The van der Waals surface area contributed by atoms with E-state index in [9.17, 15) is 9.59 Å². The lowest BCUT2D eigenvalue weighted by Gasteiger charge is -2.03. The van der Waals surface area contributed by atoms with Crippen LogP contribution in [-0.4, -0.2) is 26.4 Å². The highest BCUT2D eigenvalue weighted by Gasteiger charge is 2.08. The Morgan fingerprint density at radius 2 is 2.38 bits per heavy atom. The normalized spacial score (nSPS) is 10.6. The number of thioether (sulfide) groups is 1. The molecule has 0 bridgehead atoms. The van der Waals surface area contributed by atoms with E-state index >= 15 is 0 Å². The van der Waals surface area contributed by atoms with Crippen molar-refractivity contribution in [1.29, 1.82) is 0 Å². The van der Waals surface area contributed by atoms with Crippen LogP contribution >= 0.6 is 11.8 Å². The van der Waals surface area contributed by atoms with E-state index in [2.05, 4.69) is 17.1 Å². The Morgan fingerprint density at radius 1 is 1.62 bits per heavy atom. The quantitative estimate of drug-likeness (QED) is 0.676. The Labute approximate surface area is 97.6 Å². The Kier molecular flexibility index (Phi) is 5.10. The van der Waals surface area contributed by atoms with Gasteiger partial charge in [0.25, 0.3) is 0 Å². The standard InChI is InChI=1S/C9H16N4O2S/c1-2-3-5-13-8(15)11-12-9(13)16-6-4-7(10)14/h2-6H2,1H3,(H2,10,14)(H,11,15). The van der Waals surface area contributed by atoms with Crippen molar-refractivity contribution < 1.29 is 4.79 Å². The molecule has 16 heavy (non-hydrogen) atoms. The predicted octanol–water partition coefficient (Wildman–Crippen LogP) is 0.339. The van der Waals surface area contributed by atoms with Crippen LogP contribution < -0.4 is 11.4 Å². The summed E-state index contributed by atoms with van der Waals surface area (Å²) in [6.07, 6.45) is 2.24. The average Bonchev–Trinajstić information content (AvgIpc) is 2.57. The Bertz CT molecular complexity index is 398. The number of carbonyl (C=O) groups is 1. The average molecular weight is 244 g/mol. The number of H-pyrrole nitrogens is 1. The summed E-state index contributed by atoms with van der Waals surface area (Å²) in [4.78, 5) is 21.9. The number of aromatic nitrogens is 3. The number of hydrogen-bond donors (Lipinski definition) is 2. The van der Waals surface area contributed by atoms with Gasteiger partial charge in [0.1, 0.15) is 0 Å².